The third-order valence-corrected chi connectivity index (χ3v) is 3.55. The van der Waals surface area contributed by atoms with E-state index in [4.69, 9.17) is 4.74 Å². The molecular weight excluding hydrogens is 284 g/mol. The molecule has 0 aromatic heterocycles. The van der Waals surface area contributed by atoms with Crippen molar-refractivity contribution in [3.05, 3.63) is 12.2 Å². The molecule has 17 heavy (non-hydrogen) atoms. The number of Topliss-reactive ketones (excluding diaryl/α,β-unsaturated/α-hetero) is 1. The molecule has 1 aliphatic carbocycles. The average molecular weight is 303 g/mol. The van der Waals surface area contributed by atoms with Gasteiger partial charge in [0.05, 0.1) is 6.61 Å². The summed E-state index contributed by atoms with van der Waals surface area (Å²) in [6, 6.07) is 0. The maximum absolute atomic E-state index is 12.1. The summed E-state index contributed by atoms with van der Waals surface area (Å²) in [6.07, 6.45) is 7.22. The second-order valence-electron chi connectivity index (χ2n) is 4.26. The summed E-state index contributed by atoms with van der Waals surface area (Å²) in [5, 5.41) is 0.736. The monoisotopic (exact) mass is 302 g/mol. The smallest absolute Gasteiger partial charge is 0.319 e. The number of alkyl halides is 1. The van der Waals surface area contributed by atoms with Crippen molar-refractivity contribution in [3.63, 3.8) is 0 Å². The summed E-state index contributed by atoms with van der Waals surface area (Å²) in [6.45, 7) is 2.10. The van der Waals surface area contributed by atoms with E-state index in [1.54, 1.807) is 6.92 Å². The van der Waals surface area contributed by atoms with Crippen LogP contribution in [-0.4, -0.2) is 23.7 Å². The maximum atomic E-state index is 12.1. The minimum Gasteiger partial charge on any atom is -0.465 e. The molecular formula is C13H19BrO3. The lowest BCUT2D eigenvalue weighted by Gasteiger charge is -2.32. The average Bonchev–Trinajstić information content (AvgIpc) is 2.32. The van der Waals surface area contributed by atoms with Gasteiger partial charge in [-0.25, -0.2) is 0 Å². The lowest BCUT2D eigenvalue weighted by Crippen LogP contribution is -2.42. The van der Waals surface area contributed by atoms with E-state index in [1.807, 2.05) is 12.2 Å². The van der Waals surface area contributed by atoms with E-state index in [0.29, 0.717) is 25.9 Å². The fourth-order valence-electron chi connectivity index (χ4n) is 2.22. The molecule has 0 heterocycles. The SMILES string of the molecule is CCOC(=O)C1(C/C=C/CBr)CCCCC1=O. The molecule has 0 saturated heterocycles. The Morgan fingerprint density at radius 1 is 1.47 bits per heavy atom. The molecule has 96 valence electrons. The second kappa shape index (κ2) is 6.94. The predicted octanol–water partition coefficient (Wildman–Crippen LogP) is 3.02. The third-order valence-electron chi connectivity index (χ3n) is 3.18. The van der Waals surface area contributed by atoms with Gasteiger partial charge in [0.15, 0.2) is 0 Å². The van der Waals surface area contributed by atoms with Crippen molar-refractivity contribution in [3.8, 4) is 0 Å². The lowest BCUT2D eigenvalue weighted by atomic mass is 9.70. The van der Waals surface area contributed by atoms with Crippen molar-refractivity contribution < 1.29 is 14.3 Å². The Balaban J connectivity index is 2.85. The standard InChI is InChI=1S/C13H19BrO3/c1-2-17-12(16)13(9-5-6-10-14)8-4-3-7-11(13)15/h5-6H,2-4,7-10H2,1H3/b6-5+. The van der Waals surface area contributed by atoms with Crippen molar-refractivity contribution in [1.82, 2.24) is 0 Å². The Hall–Kier alpha value is -0.640. The summed E-state index contributed by atoms with van der Waals surface area (Å²) >= 11 is 3.29. The number of hydrogen-bond acceptors (Lipinski definition) is 3. The predicted molar refractivity (Wildman–Crippen MR) is 70.1 cm³/mol. The highest BCUT2D eigenvalue weighted by atomic mass is 79.9. The van der Waals surface area contributed by atoms with E-state index in [0.717, 1.165) is 18.2 Å². The molecule has 0 aliphatic heterocycles. The number of rotatable bonds is 5. The minimum absolute atomic E-state index is 0.0430. The van der Waals surface area contributed by atoms with Crippen LogP contribution in [0.2, 0.25) is 0 Å². The summed E-state index contributed by atoms with van der Waals surface area (Å²) in [7, 11) is 0. The molecule has 0 amide bonds. The van der Waals surface area contributed by atoms with Crippen molar-refractivity contribution in [2.24, 2.45) is 5.41 Å². The van der Waals surface area contributed by atoms with Gasteiger partial charge in [0.1, 0.15) is 11.2 Å². The molecule has 0 aromatic carbocycles. The zero-order valence-corrected chi connectivity index (χ0v) is 11.8. The first-order valence-electron chi connectivity index (χ1n) is 6.09. The van der Waals surface area contributed by atoms with Crippen LogP contribution in [0.4, 0.5) is 0 Å². The van der Waals surface area contributed by atoms with Gasteiger partial charge in [-0.15, -0.1) is 0 Å². The van der Waals surface area contributed by atoms with E-state index >= 15 is 0 Å². The first-order valence-corrected chi connectivity index (χ1v) is 7.21. The van der Waals surface area contributed by atoms with Gasteiger partial charge in [-0.3, -0.25) is 9.59 Å². The molecule has 0 aromatic rings. The van der Waals surface area contributed by atoms with Gasteiger partial charge in [-0.2, -0.15) is 0 Å². The number of halogens is 1. The van der Waals surface area contributed by atoms with Gasteiger partial charge in [-0.1, -0.05) is 34.5 Å². The topological polar surface area (TPSA) is 43.4 Å². The number of allylic oxidation sites excluding steroid dienone is 2. The molecule has 0 spiro atoms. The molecule has 1 saturated carbocycles. The highest BCUT2D eigenvalue weighted by Crippen LogP contribution is 2.38. The molecule has 4 heteroatoms. The highest BCUT2D eigenvalue weighted by Gasteiger charge is 2.46. The largest absolute Gasteiger partial charge is 0.465 e. The highest BCUT2D eigenvalue weighted by molar-refractivity contribution is 9.09. The van der Waals surface area contributed by atoms with E-state index in [2.05, 4.69) is 15.9 Å². The Morgan fingerprint density at radius 3 is 2.82 bits per heavy atom. The molecule has 1 unspecified atom stereocenters. The first kappa shape index (κ1) is 14.4. The first-order chi connectivity index (χ1) is 8.17. The van der Waals surface area contributed by atoms with E-state index < -0.39 is 5.41 Å². The van der Waals surface area contributed by atoms with Crippen LogP contribution >= 0.6 is 15.9 Å². The van der Waals surface area contributed by atoms with Crippen molar-refractivity contribution >= 4 is 27.7 Å². The van der Waals surface area contributed by atoms with Crippen LogP contribution < -0.4 is 0 Å². The van der Waals surface area contributed by atoms with Crippen molar-refractivity contribution in [2.45, 2.75) is 39.0 Å². The Bertz CT molecular complexity index is 312. The van der Waals surface area contributed by atoms with Crippen LogP contribution in [0.3, 0.4) is 0 Å². The number of ether oxygens (including phenoxy) is 1. The molecule has 0 N–H and O–H groups in total. The van der Waals surface area contributed by atoms with Crippen molar-refractivity contribution in [2.75, 3.05) is 11.9 Å². The Morgan fingerprint density at radius 2 is 2.24 bits per heavy atom. The van der Waals surface area contributed by atoms with Crippen LogP contribution in [0, 0.1) is 5.41 Å². The van der Waals surface area contributed by atoms with Crippen LogP contribution in [-0.2, 0) is 14.3 Å². The second-order valence-corrected chi connectivity index (χ2v) is 4.91. The molecule has 0 bridgehead atoms. The number of esters is 1. The lowest BCUT2D eigenvalue weighted by molar-refractivity contribution is -0.162. The fourth-order valence-corrected chi connectivity index (χ4v) is 2.49. The zero-order chi connectivity index (χ0) is 12.7. The minimum atomic E-state index is -0.910. The quantitative estimate of drug-likeness (QED) is 0.339. The Kier molecular flexibility index (Phi) is 5.89. The van der Waals surface area contributed by atoms with Crippen LogP contribution in [0.25, 0.3) is 0 Å². The normalized spacial score (nSPS) is 25.2. The maximum Gasteiger partial charge on any atom is 0.319 e. The van der Waals surface area contributed by atoms with E-state index in [9.17, 15) is 9.59 Å². The van der Waals surface area contributed by atoms with E-state index in [1.165, 1.54) is 0 Å². The molecule has 1 atom stereocenters. The van der Waals surface area contributed by atoms with Gasteiger partial charge in [0.2, 0.25) is 0 Å². The molecule has 1 rings (SSSR count). The van der Waals surface area contributed by atoms with E-state index in [-0.39, 0.29) is 11.8 Å². The summed E-state index contributed by atoms with van der Waals surface area (Å²) < 4.78 is 5.08. The van der Waals surface area contributed by atoms with Crippen molar-refractivity contribution in [1.29, 1.82) is 0 Å². The van der Waals surface area contributed by atoms with Gasteiger partial charge < -0.3 is 4.74 Å². The van der Waals surface area contributed by atoms with Crippen LogP contribution in [0.15, 0.2) is 12.2 Å². The molecule has 1 fully saturated rings. The third kappa shape index (κ3) is 3.41. The van der Waals surface area contributed by atoms with Crippen LogP contribution in [0.1, 0.15) is 39.0 Å². The molecule has 1 aliphatic rings. The zero-order valence-electron chi connectivity index (χ0n) is 10.2. The number of ketones is 1. The summed E-state index contributed by atoms with van der Waals surface area (Å²) in [4.78, 5) is 24.1. The molecule has 0 radical (unpaired) electrons. The number of carbonyl (C=O) groups is 2. The van der Waals surface area contributed by atoms with Gasteiger partial charge in [0, 0.05) is 11.8 Å². The van der Waals surface area contributed by atoms with Gasteiger partial charge >= 0.3 is 5.97 Å². The van der Waals surface area contributed by atoms with Gasteiger partial charge in [-0.05, 0) is 26.2 Å². The van der Waals surface area contributed by atoms with Gasteiger partial charge in [0.25, 0.3) is 0 Å². The number of hydrogen-bond donors (Lipinski definition) is 0. The number of carbonyl (C=O) groups excluding carboxylic acids is 2. The Labute approximate surface area is 111 Å². The van der Waals surface area contributed by atoms with Crippen LogP contribution in [0.5, 0.6) is 0 Å². The molecule has 3 nitrogen and oxygen atoms in total. The fraction of sp³-hybridized carbons (Fsp3) is 0.692. The summed E-state index contributed by atoms with van der Waals surface area (Å²) in [5.41, 5.74) is -0.910. The summed E-state index contributed by atoms with van der Waals surface area (Å²) in [5.74, 6) is -0.301.